The molecule has 0 aliphatic heterocycles. The highest BCUT2D eigenvalue weighted by Crippen LogP contribution is 1.93. The molecule has 0 heterocycles. The molecule has 9 heavy (non-hydrogen) atoms. The quantitative estimate of drug-likeness (QED) is 0.445. The van der Waals surface area contributed by atoms with Crippen LogP contribution in [0.3, 0.4) is 0 Å². The van der Waals surface area contributed by atoms with Gasteiger partial charge in [-0.3, -0.25) is 0 Å². The first-order valence-electron chi connectivity index (χ1n) is 2.40. The number of nitrogens with zero attached hydrogens (tertiary/aromatic N) is 1. The first kappa shape index (κ1) is 9.60. The molecule has 0 radical (unpaired) electrons. The minimum atomic E-state index is -2.93. The van der Waals surface area contributed by atoms with Gasteiger partial charge in [0.1, 0.15) is 0 Å². The second-order valence-corrected chi connectivity index (χ2v) is 4.61. The first-order valence-corrected chi connectivity index (χ1v) is 4.95. The summed E-state index contributed by atoms with van der Waals surface area (Å²) in [6, 6.07) is 0. The zero-order valence-corrected chi connectivity index (χ0v) is 8.27. The smallest absolute Gasteiger partial charge is 0.200 e. The Labute approximate surface area is 69.3 Å². The van der Waals surface area contributed by atoms with Gasteiger partial charge in [-0.2, -0.15) is 4.21 Å². The van der Waals surface area contributed by atoms with Gasteiger partial charge in [0.15, 0.2) is 0 Å². The molecule has 56 valence electrons. The van der Waals surface area contributed by atoms with E-state index in [1.54, 1.807) is 29.9 Å². The molecule has 0 aromatic heterocycles. The van der Waals surface area contributed by atoms with E-state index in [1.165, 1.54) is 4.31 Å². The number of nitrogens with one attached hydrogen (secondary N) is 1. The third-order valence-electron chi connectivity index (χ3n) is 0.968. The lowest BCUT2D eigenvalue weighted by Gasteiger charge is -2.05. The molecule has 1 unspecified atom stereocenters. The summed E-state index contributed by atoms with van der Waals surface area (Å²) < 4.78 is 23.4. The van der Waals surface area contributed by atoms with Gasteiger partial charge in [0.05, 0.1) is 0 Å². The first-order chi connectivity index (χ1) is 4.04. The minimum Gasteiger partial charge on any atom is -0.200 e. The molecule has 1 atom stereocenters. The number of hydrogen-bond donors (Lipinski definition) is 1. The van der Waals surface area contributed by atoms with E-state index in [4.69, 9.17) is 4.21 Å². The highest BCUT2D eigenvalue weighted by atomic mass is 127. The van der Waals surface area contributed by atoms with Gasteiger partial charge in [-0.15, -0.1) is 8.51 Å². The topological polar surface area (TPSA) is 53.7 Å². The molecule has 0 aromatic carbocycles. The van der Waals surface area contributed by atoms with Crippen LogP contribution in [0.2, 0.25) is 0 Å². The summed E-state index contributed by atoms with van der Waals surface area (Å²) in [5, 5.41) is 0. The van der Waals surface area contributed by atoms with E-state index in [2.05, 4.69) is 2.94 Å². The molecule has 0 saturated carbocycles. The van der Waals surface area contributed by atoms with E-state index >= 15 is 0 Å². The monoisotopic (exact) mass is 265 g/mol. The highest BCUT2D eigenvalue weighted by molar-refractivity contribution is 14.1. The fraction of sp³-hybridized carbons (Fsp3) is 1.00. The number of halogens is 1. The van der Waals surface area contributed by atoms with Gasteiger partial charge in [0.25, 0.3) is 0 Å². The minimum absolute atomic E-state index is 0.547. The molecule has 0 amide bonds. The Morgan fingerprint density at radius 2 is 2.33 bits per heavy atom. The Bertz CT molecular complexity index is 167. The Balaban J connectivity index is 4.17. The third-order valence-corrected chi connectivity index (χ3v) is 3.99. The maximum Gasteiger partial charge on any atom is 0.429 e. The summed E-state index contributed by atoms with van der Waals surface area (Å²) in [6.45, 7) is 2.36. The summed E-state index contributed by atoms with van der Waals surface area (Å²) in [6.07, 6.45) is 0. The van der Waals surface area contributed by atoms with E-state index < -0.39 is 10.2 Å². The fourth-order valence-electron chi connectivity index (χ4n) is 0.234. The van der Waals surface area contributed by atoms with Crippen molar-refractivity contribution in [2.75, 3.05) is 13.6 Å². The van der Waals surface area contributed by atoms with E-state index in [1.807, 2.05) is 6.92 Å². The normalized spacial score (nSPS) is 17.8. The van der Waals surface area contributed by atoms with E-state index in [0.29, 0.717) is 6.54 Å². The van der Waals surface area contributed by atoms with Crippen LogP contribution in [0.4, 0.5) is 0 Å². The lowest BCUT2D eigenvalue weighted by atomic mass is 10.8. The summed E-state index contributed by atoms with van der Waals surface area (Å²) in [7, 11) is -1.35. The molecule has 0 aliphatic rings. The van der Waals surface area contributed by atoms with Crippen LogP contribution in [-0.4, -0.2) is 26.3 Å². The molecule has 0 aromatic rings. The average molecular weight is 265 g/mol. The summed E-state index contributed by atoms with van der Waals surface area (Å²) >= 11 is 1.65. The Morgan fingerprint density at radius 3 is 2.44 bits per heavy atom. The fourth-order valence-corrected chi connectivity index (χ4v) is 1.71. The second kappa shape index (κ2) is 3.69. The van der Waals surface area contributed by atoms with Crippen molar-refractivity contribution in [1.82, 2.24) is 7.24 Å². The molecule has 4 nitrogen and oxygen atoms in total. The standard InChI is InChI=1S/C3H9IN2O2S/c1-3-6(2)9(7,8)5-4/h3H2,1-2H3,(H,5,7,8)/p+1. The van der Waals surface area contributed by atoms with Crippen molar-refractivity contribution in [3.8, 4) is 0 Å². The maximum absolute atomic E-state index is 10.8. The van der Waals surface area contributed by atoms with Crippen LogP contribution in [0.5, 0.6) is 0 Å². The van der Waals surface area contributed by atoms with Crippen molar-refractivity contribution in [3.05, 3.63) is 0 Å². The SMILES string of the molecule is CCN(C)S(=O)(=[OH+])NI. The summed E-state index contributed by atoms with van der Waals surface area (Å²) in [4.78, 5) is 0. The van der Waals surface area contributed by atoms with Crippen LogP contribution in [0.1, 0.15) is 6.92 Å². The van der Waals surface area contributed by atoms with Gasteiger partial charge in [-0.05, 0) is 0 Å². The molecule has 0 fully saturated rings. The predicted octanol–water partition coefficient (Wildman–Crippen LogP) is 0.280. The molecule has 0 spiro atoms. The number of hydrogen-bond acceptors (Lipinski definition) is 1. The summed E-state index contributed by atoms with van der Waals surface area (Å²) in [5.41, 5.74) is 0. The van der Waals surface area contributed by atoms with Crippen LogP contribution in [0.25, 0.3) is 0 Å². The van der Waals surface area contributed by atoms with Crippen LogP contribution in [-0.2, 0) is 10.2 Å². The van der Waals surface area contributed by atoms with E-state index in [-0.39, 0.29) is 0 Å². The predicted molar refractivity (Wildman–Crippen MR) is 45.5 cm³/mol. The second-order valence-electron chi connectivity index (χ2n) is 1.52. The average Bonchev–Trinajstić information content (AvgIpc) is 1.86. The lowest BCUT2D eigenvalue weighted by Crippen LogP contribution is -2.32. The van der Waals surface area contributed by atoms with Crippen LogP contribution < -0.4 is 2.94 Å². The Morgan fingerprint density at radius 1 is 1.89 bits per heavy atom. The van der Waals surface area contributed by atoms with E-state index in [0.717, 1.165) is 0 Å². The Kier molecular flexibility index (Phi) is 3.94. The van der Waals surface area contributed by atoms with Crippen LogP contribution in [0, 0.1) is 0 Å². The zero-order valence-electron chi connectivity index (χ0n) is 5.30. The van der Waals surface area contributed by atoms with Crippen molar-refractivity contribution < 1.29 is 8.42 Å². The highest BCUT2D eigenvalue weighted by Gasteiger charge is 2.19. The van der Waals surface area contributed by atoms with Gasteiger partial charge >= 0.3 is 10.2 Å². The molecule has 0 rings (SSSR count). The third kappa shape index (κ3) is 2.78. The van der Waals surface area contributed by atoms with Gasteiger partial charge in [-0.25, -0.2) is 0 Å². The van der Waals surface area contributed by atoms with Crippen molar-refractivity contribution >= 4 is 33.1 Å². The zero-order chi connectivity index (χ0) is 7.49. The van der Waals surface area contributed by atoms with Gasteiger partial charge in [0.2, 0.25) is 0 Å². The van der Waals surface area contributed by atoms with Crippen molar-refractivity contribution in [3.63, 3.8) is 0 Å². The molecule has 2 N–H and O–H groups in total. The van der Waals surface area contributed by atoms with E-state index in [9.17, 15) is 4.21 Å². The maximum atomic E-state index is 10.8. The van der Waals surface area contributed by atoms with Crippen molar-refractivity contribution in [1.29, 1.82) is 0 Å². The molecular weight excluding hydrogens is 255 g/mol. The lowest BCUT2D eigenvalue weighted by molar-refractivity contribution is 0.495. The molecule has 0 saturated heterocycles. The van der Waals surface area contributed by atoms with Crippen molar-refractivity contribution in [2.24, 2.45) is 0 Å². The van der Waals surface area contributed by atoms with Crippen LogP contribution >= 0.6 is 22.9 Å². The molecule has 0 aliphatic carbocycles. The van der Waals surface area contributed by atoms with Gasteiger partial charge in [-0.1, -0.05) is 9.86 Å². The molecule has 0 bridgehead atoms. The molecule has 6 heteroatoms. The summed E-state index contributed by atoms with van der Waals surface area (Å²) in [5.74, 6) is 0. The van der Waals surface area contributed by atoms with Gasteiger partial charge < -0.3 is 0 Å². The van der Waals surface area contributed by atoms with Crippen molar-refractivity contribution in [2.45, 2.75) is 6.92 Å². The number of rotatable bonds is 3. The Hall–Kier alpha value is 0.600. The largest absolute Gasteiger partial charge is 0.429 e. The van der Waals surface area contributed by atoms with Crippen LogP contribution in [0.15, 0.2) is 0 Å². The van der Waals surface area contributed by atoms with Gasteiger partial charge in [0, 0.05) is 36.5 Å². The molecular formula is C3H10IN2O2S+.